The van der Waals surface area contributed by atoms with Crippen molar-refractivity contribution in [2.75, 3.05) is 27.2 Å². The van der Waals surface area contributed by atoms with Gasteiger partial charge in [0.25, 0.3) is 0 Å². The molecule has 0 aliphatic heterocycles. The molecule has 5 nitrogen and oxygen atoms in total. The van der Waals surface area contributed by atoms with Crippen molar-refractivity contribution < 1.29 is 14.7 Å². The summed E-state index contributed by atoms with van der Waals surface area (Å²) in [6.07, 6.45) is 1.81. The van der Waals surface area contributed by atoms with E-state index < -0.39 is 5.97 Å². The second-order valence-corrected chi connectivity index (χ2v) is 4.64. The van der Waals surface area contributed by atoms with Gasteiger partial charge in [0.1, 0.15) is 0 Å². The van der Waals surface area contributed by atoms with Gasteiger partial charge in [-0.25, -0.2) is 0 Å². The number of amides is 1. The summed E-state index contributed by atoms with van der Waals surface area (Å²) in [5, 5.41) is 11.7. The molecule has 1 rings (SSSR count). The molecule has 16 heavy (non-hydrogen) atoms. The first kappa shape index (κ1) is 13.0. The summed E-state index contributed by atoms with van der Waals surface area (Å²) < 4.78 is 0. The second kappa shape index (κ2) is 5.84. The fourth-order valence-electron chi connectivity index (χ4n) is 1.99. The van der Waals surface area contributed by atoms with Gasteiger partial charge in [-0.05, 0) is 33.4 Å². The highest BCUT2D eigenvalue weighted by Gasteiger charge is 2.33. The van der Waals surface area contributed by atoms with Crippen molar-refractivity contribution in [3.8, 4) is 0 Å². The molecule has 1 amide bonds. The molecule has 0 saturated heterocycles. The van der Waals surface area contributed by atoms with Gasteiger partial charge in [0.2, 0.25) is 5.91 Å². The summed E-state index contributed by atoms with van der Waals surface area (Å²) >= 11 is 0. The highest BCUT2D eigenvalue weighted by Crippen LogP contribution is 2.30. The molecule has 1 saturated carbocycles. The predicted molar refractivity (Wildman–Crippen MR) is 60.0 cm³/mol. The summed E-state index contributed by atoms with van der Waals surface area (Å²) in [5.74, 6) is -1.21. The number of carboxylic acids is 1. The van der Waals surface area contributed by atoms with Crippen LogP contribution >= 0.6 is 0 Å². The molecule has 1 aliphatic carbocycles. The topological polar surface area (TPSA) is 69.6 Å². The van der Waals surface area contributed by atoms with Gasteiger partial charge in [0.15, 0.2) is 0 Å². The van der Waals surface area contributed by atoms with Crippen LogP contribution in [0, 0.1) is 11.8 Å². The lowest BCUT2D eigenvalue weighted by Gasteiger charge is -2.13. The number of hydrogen-bond donors (Lipinski definition) is 2. The molecule has 1 aliphatic rings. The molecule has 2 N–H and O–H groups in total. The minimum Gasteiger partial charge on any atom is -0.481 e. The molecule has 92 valence electrons. The maximum atomic E-state index is 11.7. The van der Waals surface area contributed by atoms with Crippen molar-refractivity contribution in [1.29, 1.82) is 0 Å². The van der Waals surface area contributed by atoms with E-state index in [0.717, 1.165) is 6.54 Å². The lowest BCUT2D eigenvalue weighted by molar-refractivity contribution is -0.141. The number of likely N-dealkylation sites (N-methyl/N-ethyl adjacent to an activating group) is 1. The van der Waals surface area contributed by atoms with E-state index in [-0.39, 0.29) is 17.7 Å². The lowest BCUT2D eigenvalue weighted by atomic mass is 10.0. The van der Waals surface area contributed by atoms with Crippen LogP contribution in [0.2, 0.25) is 0 Å². The quantitative estimate of drug-likeness (QED) is 0.703. The van der Waals surface area contributed by atoms with Gasteiger partial charge >= 0.3 is 5.97 Å². The number of carboxylic acid groups (broad SMARTS) is 1. The van der Waals surface area contributed by atoms with Crippen LogP contribution in [0.3, 0.4) is 0 Å². The van der Waals surface area contributed by atoms with E-state index in [2.05, 4.69) is 5.32 Å². The molecule has 5 heteroatoms. The maximum absolute atomic E-state index is 11.7. The molecule has 2 atom stereocenters. The summed E-state index contributed by atoms with van der Waals surface area (Å²) in [7, 11) is 3.89. The second-order valence-electron chi connectivity index (χ2n) is 4.64. The fraction of sp³-hybridized carbons (Fsp3) is 0.818. The van der Waals surface area contributed by atoms with Gasteiger partial charge in [-0.1, -0.05) is 0 Å². The molecule has 0 spiro atoms. The Kier molecular flexibility index (Phi) is 4.73. The Morgan fingerprint density at radius 3 is 2.44 bits per heavy atom. The fourth-order valence-corrected chi connectivity index (χ4v) is 1.99. The molecule has 0 aromatic carbocycles. The van der Waals surface area contributed by atoms with Crippen molar-refractivity contribution in [2.45, 2.75) is 19.3 Å². The van der Waals surface area contributed by atoms with Crippen LogP contribution in [0.5, 0.6) is 0 Å². The molecule has 0 bridgehead atoms. The summed E-state index contributed by atoms with van der Waals surface area (Å²) in [6.45, 7) is 1.43. The number of nitrogens with zero attached hydrogens (tertiary/aromatic N) is 1. The molecule has 1 fully saturated rings. The normalized spacial score (nSPS) is 24.7. The minimum absolute atomic E-state index is 0.00519. The van der Waals surface area contributed by atoms with Crippen LogP contribution in [0.1, 0.15) is 19.3 Å². The molecule has 0 radical (unpaired) electrons. The molecule has 0 aromatic heterocycles. The van der Waals surface area contributed by atoms with Crippen LogP contribution in [-0.4, -0.2) is 49.1 Å². The van der Waals surface area contributed by atoms with Crippen LogP contribution in [0.15, 0.2) is 0 Å². The van der Waals surface area contributed by atoms with Crippen molar-refractivity contribution in [3.63, 3.8) is 0 Å². The number of carbonyl (C=O) groups is 2. The molecule has 0 aromatic rings. The Morgan fingerprint density at radius 1 is 1.31 bits per heavy atom. The number of rotatable bonds is 5. The van der Waals surface area contributed by atoms with E-state index in [0.29, 0.717) is 25.8 Å². The zero-order valence-corrected chi connectivity index (χ0v) is 9.90. The van der Waals surface area contributed by atoms with Gasteiger partial charge in [0.05, 0.1) is 5.92 Å². The van der Waals surface area contributed by atoms with E-state index in [1.807, 2.05) is 19.0 Å². The zero-order valence-electron chi connectivity index (χ0n) is 9.90. The Labute approximate surface area is 95.8 Å². The predicted octanol–water partition coefficient (Wildman–Crippen LogP) is 0.165. The lowest BCUT2D eigenvalue weighted by Crippen LogP contribution is -2.35. The van der Waals surface area contributed by atoms with Gasteiger partial charge in [-0.15, -0.1) is 0 Å². The molecular formula is C11H20N2O3. The Bertz CT molecular complexity index is 266. The number of hydrogen-bond acceptors (Lipinski definition) is 3. The average Bonchev–Trinajstić information content (AvgIpc) is 2.65. The molecule has 0 heterocycles. The highest BCUT2D eigenvalue weighted by atomic mass is 16.4. The Morgan fingerprint density at radius 2 is 1.94 bits per heavy atom. The first-order valence-electron chi connectivity index (χ1n) is 5.66. The Hall–Kier alpha value is -1.10. The first-order valence-corrected chi connectivity index (χ1v) is 5.66. The number of aliphatic carboxylic acids is 1. The largest absolute Gasteiger partial charge is 0.481 e. The maximum Gasteiger partial charge on any atom is 0.306 e. The monoisotopic (exact) mass is 228 g/mol. The van der Waals surface area contributed by atoms with E-state index in [4.69, 9.17) is 5.11 Å². The van der Waals surface area contributed by atoms with Gasteiger partial charge in [-0.2, -0.15) is 0 Å². The zero-order chi connectivity index (χ0) is 12.1. The van der Waals surface area contributed by atoms with Crippen LogP contribution in [0.25, 0.3) is 0 Å². The third kappa shape index (κ3) is 3.81. The third-order valence-corrected chi connectivity index (χ3v) is 3.01. The van der Waals surface area contributed by atoms with Gasteiger partial charge < -0.3 is 15.3 Å². The van der Waals surface area contributed by atoms with Crippen LogP contribution < -0.4 is 5.32 Å². The van der Waals surface area contributed by atoms with Crippen molar-refractivity contribution in [1.82, 2.24) is 10.2 Å². The molecular weight excluding hydrogens is 208 g/mol. The summed E-state index contributed by atoms with van der Waals surface area (Å²) in [5.41, 5.74) is 0. The third-order valence-electron chi connectivity index (χ3n) is 3.01. The van der Waals surface area contributed by atoms with E-state index in [1.54, 1.807) is 0 Å². The van der Waals surface area contributed by atoms with E-state index in [9.17, 15) is 9.59 Å². The van der Waals surface area contributed by atoms with Crippen LogP contribution in [-0.2, 0) is 9.59 Å². The van der Waals surface area contributed by atoms with E-state index in [1.165, 1.54) is 0 Å². The standard InChI is InChI=1S/C11H20N2O3/c1-13(2)6-5-12-10(14)8-3-4-9(7-8)11(15)16/h8-9H,3-7H2,1-2H3,(H,12,14)(H,15,16)/t8-,9+/m1/s1. The molecule has 0 unspecified atom stereocenters. The average molecular weight is 228 g/mol. The van der Waals surface area contributed by atoms with Gasteiger partial charge in [-0.3, -0.25) is 9.59 Å². The van der Waals surface area contributed by atoms with Crippen molar-refractivity contribution >= 4 is 11.9 Å². The van der Waals surface area contributed by atoms with Crippen molar-refractivity contribution in [2.24, 2.45) is 11.8 Å². The number of nitrogens with one attached hydrogen (secondary N) is 1. The SMILES string of the molecule is CN(C)CCNC(=O)[C@@H]1CC[C@H](C(=O)O)C1. The highest BCUT2D eigenvalue weighted by molar-refractivity contribution is 5.80. The Balaban J connectivity index is 2.26. The van der Waals surface area contributed by atoms with E-state index >= 15 is 0 Å². The van der Waals surface area contributed by atoms with Gasteiger partial charge in [0, 0.05) is 19.0 Å². The summed E-state index contributed by atoms with van der Waals surface area (Å²) in [4.78, 5) is 24.4. The van der Waals surface area contributed by atoms with Crippen LogP contribution in [0.4, 0.5) is 0 Å². The van der Waals surface area contributed by atoms with Crippen molar-refractivity contribution in [3.05, 3.63) is 0 Å². The number of carbonyl (C=O) groups excluding carboxylic acids is 1. The smallest absolute Gasteiger partial charge is 0.306 e. The summed E-state index contributed by atoms with van der Waals surface area (Å²) in [6, 6.07) is 0. The minimum atomic E-state index is -0.774. The first-order chi connectivity index (χ1) is 7.50.